The van der Waals surface area contributed by atoms with Crippen molar-refractivity contribution in [1.29, 1.82) is 0 Å². The lowest BCUT2D eigenvalue weighted by atomic mass is 10.1. The van der Waals surface area contributed by atoms with Gasteiger partial charge in [0.25, 0.3) is 11.8 Å². The van der Waals surface area contributed by atoms with E-state index in [2.05, 4.69) is 17.0 Å². The maximum absolute atomic E-state index is 13.1. The van der Waals surface area contributed by atoms with Gasteiger partial charge in [-0.05, 0) is 36.4 Å². The zero-order chi connectivity index (χ0) is 24.1. The highest BCUT2D eigenvalue weighted by Crippen LogP contribution is 2.27. The number of nitrogens with zero attached hydrogens (tertiary/aromatic N) is 3. The van der Waals surface area contributed by atoms with Gasteiger partial charge in [-0.15, -0.1) is 6.58 Å². The minimum Gasteiger partial charge on any atom is -0.307 e. The molecule has 170 valence electrons. The molecule has 1 aromatic heterocycles. The molecule has 3 aromatic carbocycles. The highest BCUT2D eigenvalue weighted by atomic mass is 35.5. The van der Waals surface area contributed by atoms with Crippen molar-refractivity contribution in [3.8, 4) is 11.3 Å². The zero-order valence-corrected chi connectivity index (χ0v) is 19.4. The first kappa shape index (κ1) is 23.0. The molecule has 0 spiro atoms. The van der Waals surface area contributed by atoms with Gasteiger partial charge in [0.05, 0.1) is 16.3 Å². The Morgan fingerprint density at radius 2 is 1.71 bits per heavy atom. The monoisotopic (exact) mass is 470 g/mol. The molecule has 0 aliphatic carbocycles. The van der Waals surface area contributed by atoms with Crippen LogP contribution in [0, 0.1) is 0 Å². The largest absolute Gasteiger partial charge is 0.307 e. The van der Waals surface area contributed by atoms with E-state index in [-0.39, 0.29) is 11.8 Å². The van der Waals surface area contributed by atoms with Crippen molar-refractivity contribution in [3.05, 3.63) is 114 Å². The Balaban J connectivity index is 1.55. The van der Waals surface area contributed by atoms with E-state index in [4.69, 9.17) is 11.6 Å². The predicted octanol–water partition coefficient (Wildman–Crippen LogP) is 5.83. The predicted molar refractivity (Wildman–Crippen MR) is 136 cm³/mol. The number of halogens is 1. The number of nitrogens with one attached hydrogen (secondary N) is 1. The van der Waals surface area contributed by atoms with Crippen molar-refractivity contribution in [2.24, 2.45) is 7.05 Å². The van der Waals surface area contributed by atoms with Crippen LogP contribution in [0.3, 0.4) is 0 Å². The summed E-state index contributed by atoms with van der Waals surface area (Å²) >= 11 is 6.23. The molecule has 2 amide bonds. The van der Waals surface area contributed by atoms with Crippen LogP contribution in [0.15, 0.2) is 97.6 Å². The summed E-state index contributed by atoms with van der Waals surface area (Å²) in [6, 6.07) is 25.3. The summed E-state index contributed by atoms with van der Waals surface area (Å²) in [7, 11) is 1.77. The lowest BCUT2D eigenvalue weighted by Crippen LogP contribution is -2.31. The van der Waals surface area contributed by atoms with Crippen molar-refractivity contribution in [2.75, 3.05) is 16.8 Å². The zero-order valence-electron chi connectivity index (χ0n) is 18.6. The summed E-state index contributed by atoms with van der Waals surface area (Å²) < 4.78 is 1.62. The van der Waals surface area contributed by atoms with E-state index in [1.807, 2.05) is 48.5 Å². The van der Waals surface area contributed by atoms with E-state index in [0.29, 0.717) is 39.9 Å². The van der Waals surface area contributed by atoms with Gasteiger partial charge in [0, 0.05) is 36.5 Å². The van der Waals surface area contributed by atoms with Crippen LogP contribution < -0.4 is 10.2 Å². The second-order valence-corrected chi connectivity index (χ2v) is 8.00. The Morgan fingerprint density at radius 1 is 1.03 bits per heavy atom. The number of hydrogen-bond donors (Lipinski definition) is 1. The first-order chi connectivity index (χ1) is 16.5. The normalized spacial score (nSPS) is 10.5. The number of aryl methyl sites for hydroxylation is 1. The van der Waals surface area contributed by atoms with Gasteiger partial charge in [-0.1, -0.05) is 60.1 Å². The van der Waals surface area contributed by atoms with Gasteiger partial charge in [-0.3, -0.25) is 14.3 Å². The molecular weight excluding hydrogens is 448 g/mol. The first-order valence-corrected chi connectivity index (χ1v) is 11.0. The summed E-state index contributed by atoms with van der Waals surface area (Å²) in [5, 5.41) is 7.81. The van der Waals surface area contributed by atoms with Crippen molar-refractivity contribution in [2.45, 2.75) is 0 Å². The van der Waals surface area contributed by atoms with Gasteiger partial charge in [-0.2, -0.15) is 5.10 Å². The van der Waals surface area contributed by atoms with Crippen molar-refractivity contribution < 1.29 is 9.59 Å². The Kier molecular flexibility index (Phi) is 6.90. The Hall–Kier alpha value is -4.16. The minimum atomic E-state index is -0.206. The number of amides is 2. The maximum atomic E-state index is 13.1. The number of carbonyl (C=O) groups excluding carboxylic acids is 2. The van der Waals surface area contributed by atoms with Gasteiger partial charge in [0.15, 0.2) is 0 Å². The van der Waals surface area contributed by atoms with Crippen LogP contribution in [0.1, 0.15) is 20.7 Å². The molecule has 34 heavy (non-hydrogen) atoms. The molecule has 0 bridgehead atoms. The van der Waals surface area contributed by atoms with Gasteiger partial charge in [-0.25, -0.2) is 0 Å². The van der Waals surface area contributed by atoms with E-state index in [9.17, 15) is 9.59 Å². The molecule has 1 N–H and O–H groups in total. The van der Waals surface area contributed by atoms with Gasteiger partial charge >= 0.3 is 0 Å². The molecular formula is C27H23ClN4O2. The molecule has 0 radical (unpaired) electrons. The number of benzene rings is 3. The van der Waals surface area contributed by atoms with E-state index < -0.39 is 0 Å². The SMILES string of the molecule is C=CCN(C(=O)c1ccccc1Cl)c1ccc(-c2cc(NC(=O)c3ccccc3)n(C)n2)cc1. The van der Waals surface area contributed by atoms with Crippen LogP contribution >= 0.6 is 11.6 Å². The first-order valence-electron chi connectivity index (χ1n) is 10.7. The quantitative estimate of drug-likeness (QED) is 0.346. The molecule has 0 aliphatic heterocycles. The smallest absolute Gasteiger partial charge is 0.260 e. The summed E-state index contributed by atoms with van der Waals surface area (Å²) in [5.74, 6) is 0.167. The van der Waals surface area contributed by atoms with Gasteiger partial charge in [0.2, 0.25) is 0 Å². The molecule has 7 heteroatoms. The Labute approximate surface area is 203 Å². The standard InChI is InChI=1S/C27H23ClN4O2/c1-3-17-32(27(34)22-11-7-8-12-23(22)28)21-15-13-19(14-16-21)24-18-25(31(2)30-24)29-26(33)20-9-5-4-6-10-20/h3-16,18H,1,17H2,2H3,(H,29,33). The molecule has 0 atom stereocenters. The topological polar surface area (TPSA) is 67.2 Å². The highest BCUT2D eigenvalue weighted by molar-refractivity contribution is 6.34. The third kappa shape index (κ3) is 4.92. The summed E-state index contributed by atoms with van der Waals surface area (Å²) in [6.45, 7) is 4.11. The van der Waals surface area contributed by atoms with E-state index >= 15 is 0 Å². The number of aromatic nitrogens is 2. The third-order valence-electron chi connectivity index (χ3n) is 5.29. The molecule has 0 aliphatic rings. The summed E-state index contributed by atoms with van der Waals surface area (Å²) in [6.07, 6.45) is 1.67. The fraction of sp³-hybridized carbons (Fsp3) is 0.0741. The van der Waals surface area contributed by atoms with Gasteiger partial charge in [0.1, 0.15) is 5.82 Å². The Bertz CT molecular complexity index is 1330. The van der Waals surface area contributed by atoms with Crippen LogP contribution in [0.4, 0.5) is 11.5 Å². The molecule has 0 unspecified atom stereocenters. The number of rotatable bonds is 7. The fourth-order valence-corrected chi connectivity index (χ4v) is 3.75. The summed E-state index contributed by atoms with van der Waals surface area (Å²) in [4.78, 5) is 27.2. The number of hydrogen-bond acceptors (Lipinski definition) is 3. The maximum Gasteiger partial charge on any atom is 0.260 e. The van der Waals surface area contributed by atoms with E-state index in [1.165, 1.54) is 0 Å². The molecule has 6 nitrogen and oxygen atoms in total. The van der Waals surface area contributed by atoms with Crippen LogP contribution in [0.5, 0.6) is 0 Å². The van der Waals surface area contributed by atoms with Crippen molar-refractivity contribution >= 4 is 34.9 Å². The van der Waals surface area contributed by atoms with Crippen LogP contribution in [0.25, 0.3) is 11.3 Å². The second-order valence-electron chi connectivity index (χ2n) is 7.59. The molecule has 4 rings (SSSR count). The number of anilines is 2. The van der Waals surface area contributed by atoms with Crippen LogP contribution in [0.2, 0.25) is 5.02 Å². The second kappa shape index (κ2) is 10.2. The minimum absolute atomic E-state index is 0.205. The molecule has 0 saturated carbocycles. The van der Waals surface area contributed by atoms with Gasteiger partial charge < -0.3 is 10.2 Å². The molecule has 4 aromatic rings. The van der Waals surface area contributed by atoms with Crippen LogP contribution in [-0.2, 0) is 7.05 Å². The molecule has 0 fully saturated rings. The highest BCUT2D eigenvalue weighted by Gasteiger charge is 2.19. The summed E-state index contributed by atoms with van der Waals surface area (Å²) in [5.41, 5.74) is 3.26. The molecule has 0 saturated heterocycles. The van der Waals surface area contributed by atoms with E-state index in [0.717, 1.165) is 5.56 Å². The van der Waals surface area contributed by atoms with Crippen molar-refractivity contribution in [3.63, 3.8) is 0 Å². The third-order valence-corrected chi connectivity index (χ3v) is 5.62. The van der Waals surface area contributed by atoms with E-state index in [1.54, 1.807) is 59.1 Å². The fourth-order valence-electron chi connectivity index (χ4n) is 3.53. The van der Waals surface area contributed by atoms with Crippen molar-refractivity contribution in [1.82, 2.24) is 9.78 Å². The Morgan fingerprint density at radius 3 is 2.38 bits per heavy atom. The van der Waals surface area contributed by atoms with Crippen LogP contribution in [-0.4, -0.2) is 28.1 Å². The average Bonchev–Trinajstić information content (AvgIpc) is 3.23. The lowest BCUT2D eigenvalue weighted by molar-refractivity contribution is 0.0988. The number of carbonyl (C=O) groups is 2. The molecule has 1 heterocycles. The lowest BCUT2D eigenvalue weighted by Gasteiger charge is -2.22. The average molecular weight is 471 g/mol.